The highest BCUT2D eigenvalue weighted by Gasteiger charge is 2.28. The molecule has 0 aliphatic rings. The summed E-state index contributed by atoms with van der Waals surface area (Å²) in [5.41, 5.74) is 5.32. The van der Waals surface area contributed by atoms with Crippen molar-refractivity contribution in [1.29, 1.82) is 0 Å². The van der Waals surface area contributed by atoms with Crippen LogP contribution in [0.5, 0.6) is 0 Å². The third-order valence-electron chi connectivity index (χ3n) is 8.64. The monoisotopic (exact) mass is 772 g/mol. The Kier molecular flexibility index (Phi) is 35.1. The standard InChI is InChI=1S/C41H74NO10P/c1-3-5-7-9-11-13-15-17-18-19-20-21-23-25-27-29-31-33-40(44)52-37(35-50-53(47,48)51-36-38(42)41(45)46)34-49-39(43)32-30-28-26-24-22-16-14-12-10-8-6-4-2/h11,13,17-18,20-21,37-38H,3-10,12,14-16,19,22-36,42H2,1-2H3,(H,45,46)(H,47,48)/b13-11-,18-17-,21-20-/t37-,38+/m1/s1. The first-order valence-corrected chi connectivity index (χ1v) is 22.0. The van der Waals surface area contributed by atoms with Crippen molar-refractivity contribution in [3.05, 3.63) is 36.5 Å². The molecule has 0 rings (SSSR count). The van der Waals surface area contributed by atoms with Gasteiger partial charge in [-0.05, 0) is 51.4 Å². The molecular formula is C41H74NO10P. The number of carbonyl (C=O) groups excluding carboxylic acids is 2. The van der Waals surface area contributed by atoms with Crippen LogP contribution in [0.1, 0.15) is 174 Å². The van der Waals surface area contributed by atoms with Gasteiger partial charge in [-0.3, -0.25) is 23.4 Å². The average Bonchev–Trinajstić information content (AvgIpc) is 3.13. The van der Waals surface area contributed by atoms with Gasteiger partial charge in [-0.25, -0.2) is 4.57 Å². The molecule has 0 fully saturated rings. The summed E-state index contributed by atoms with van der Waals surface area (Å²) in [7, 11) is -4.72. The number of unbranched alkanes of at least 4 members (excludes halogenated alkanes) is 18. The van der Waals surface area contributed by atoms with E-state index in [1.807, 2.05) is 0 Å². The van der Waals surface area contributed by atoms with Crippen LogP contribution in [0.4, 0.5) is 0 Å². The number of carbonyl (C=O) groups is 3. The Hall–Kier alpha value is -2.30. The van der Waals surface area contributed by atoms with Gasteiger partial charge in [-0.2, -0.15) is 0 Å². The molecule has 53 heavy (non-hydrogen) atoms. The van der Waals surface area contributed by atoms with Crippen LogP contribution in [0.2, 0.25) is 0 Å². The van der Waals surface area contributed by atoms with Crippen molar-refractivity contribution in [2.75, 3.05) is 19.8 Å². The minimum absolute atomic E-state index is 0.137. The predicted molar refractivity (Wildman–Crippen MR) is 212 cm³/mol. The maximum atomic E-state index is 12.6. The molecule has 0 spiro atoms. The van der Waals surface area contributed by atoms with Crippen LogP contribution in [-0.2, 0) is 37.5 Å². The number of carboxylic acids is 1. The van der Waals surface area contributed by atoms with E-state index in [4.69, 9.17) is 24.8 Å². The molecule has 0 amide bonds. The summed E-state index contributed by atoms with van der Waals surface area (Å²) in [6.07, 6.45) is 37.8. The normalized spacial score (nSPS) is 14.2. The van der Waals surface area contributed by atoms with E-state index in [-0.39, 0.29) is 19.4 Å². The third-order valence-corrected chi connectivity index (χ3v) is 9.59. The molecule has 0 radical (unpaired) electrons. The molecule has 0 aromatic heterocycles. The maximum absolute atomic E-state index is 12.6. The number of ether oxygens (including phenoxy) is 2. The van der Waals surface area contributed by atoms with E-state index in [0.29, 0.717) is 12.8 Å². The Labute approximate surface area is 321 Å². The number of hydrogen-bond acceptors (Lipinski definition) is 9. The summed E-state index contributed by atoms with van der Waals surface area (Å²) >= 11 is 0. The lowest BCUT2D eigenvalue weighted by Gasteiger charge is -2.20. The smallest absolute Gasteiger partial charge is 0.472 e. The van der Waals surface area contributed by atoms with Gasteiger partial charge >= 0.3 is 25.7 Å². The van der Waals surface area contributed by atoms with Crippen LogP contribution in [0.25, 0.3) is 0 Å². The van der Waals surface area contributed by atoms with E-state index in [2.05, 4.69) is 54.8 Å². The van der Waals surface area contributed by atoms with Crippen LogP contribution < -0.4 is 5.73 Å². The molecule has 0 aromatic carbocycles. The fourth-order valence-electron chi connectivity index (χ4n) is 5.36. The molecule has 308 valence electrons. The fourth-order valence-corrected chi connectivity index (χ4v) is 6.14. The van der Waals surface area contributed by atoms with Gasteiger partial charge in [0.05, 0.1) is 13.2 Å². The number of allylic oxidation sites excluding steroid dienone is 6. The Balaban J connectivity index is 4.44. The highest BCUT2D eigenvalue weighted by Crippen LogP contribution is 2.43. The Morgan fingerprint density at radius 2 is 1.00 bits per heavy atom. The molecule has 0 heterocycles. The number of phosphoric acid groups is 1. The van der Waals surface area contributed by atoms with Crippen molar-refractivity contribution in [3.63, 3.8) is 0 Å². The lowest BCUT2D eigenvalue weighted by atomic mass is 10.0. The predicted octanol–water partition coefficient (Wildman–Crippen LogP) is 10.4. The Bertz CT molecular complexity index is 1050. The first-order chi connectivity index (χ1) is 25.6. The zero-order valence-electron chi connectivity index (χ0n) is 33.1. The molecule has 4 N–H and O–H groups in total. The minimum Gasteiger partial charge on any atom is -0.480 e. The summed E-state index contributed by atoms with van der Waals surface area (Å²) < 4.78 is 32.6. The number of hydrogen-bond donors (Lipinski definition) is 3. The van der Waals surface area contributed by atoms with Crippen molar-refractivity contribution in [2.24, 2.45) is 5.73 Å². The Morgan fingerprint density at radius 1 is 0.585 bits per heavy atom. The van der Waals surface area contributed by atoms with E-state index in [1.165, 1.54) is 70.6 Å². The SMILES string of the molecule is CCCCC/C=C\C/C=C\C/C=C\CCCCCCC(=O)O[C@H](COC(=O)CCCCCCCCCCCCCC)COP(=O)(O)OC[C@H](N)C(=O)O. The van der Waals surface area contributed by atoms with Crippen LogP contribution in [0, 0.1) is 0 Å². The van der Waals surface area contributed by atoms with E-state index >= 15 is 0 Å². The van der Waals surface area contributed by atoms with E-state index in [9.17, 15) is 23.8 Å². The minimum atomic E-state index is -4.72. The summed E-state index contributed by atoms with van der Waals surface area (Å²) in [5, 5.41) is 8.87. The molecule has 0 saturated carbocycles. The van der Waals surface area contributed by atoms with Crippen molar-refractivity contribution in [2.45, 2.75) is 187 Å². The molecule has 1 unspecified atom stereocenters. The van der Waals surface area contributed by atoms with Gasteiger partial charge in [0.2, 0.25) is 0 Å². The van der Waals surface area contributed by atoms with E-state index in [0.717, 1.165) is 64.2 Å². The highest BCUT2D eigenvalue weighted by atomic mass is 31.2. The van der Waals surface area contributed by atoms with Crippen LogP contribution in [-0.4, -0.2) is 59.9 Å². The first-order valence-electron chi connectivity index (χ1n) is 20.5. The topological polar surface area (TPSA) is 172 Å². The molecule has 0 saturated heterocycles. The molecule has 11 nitrogen and oxygen atoms in total. The number of nitrogens with two attached hydrogens (primary N) is 1. The zero-order chi connectivity index (χ0) is 39.3. The van der Waals surface area contributed by atoms with E-state index < -0.39 is 51.1 Å². The lowest BCUT2D eigenvalue weighted by Crippen LogP contribution is -2.34. The molecular weight excluding hydrogens is 697 g/mol. The fraction of sp³-hybridized carbons (Fsp3) is 0.780. The second-order valence-corrected chi connectivity index (χ2v) is 15.2. The second-order valence-electron chi connectivity index (χ2n) is 13.8. The largest absolute Gasteiger partial charge is 0.480 e. The van der Waals surface area contributed by atoms with Gasteiger partial charge in [0.15, 0.2) is 6.10 Å². The van der Waals surface area contributed by atoms with Gasteiger partial charge in [0.1, 0.15) is 12.6 Å². The highest BCUT2D eigenvalue weighted by molar-refractivity contribution is 7.47. The first kappa shape index (κ1) is 50.7. The number of esters is 2. The second kappa shape index (κ2) is 36.7. The zero-order valence-corrected chi connectivity index (χ0v) is 34.0. The molecule has 12 heteroatoms. The summed E-state index contributed by atoms with van der Waals surface area (Å²) in [5.74, 6) is -2.41. The van der Waals surface area contributed by atoms with Gasteiger partial charge in [-0.15, -0.1) is 0 Å². The van der Waals surface area contributed by atoms with Gasteiger partial charge in [0.25, 0.3) is 0 Å². The Morgan fingerprint density at radius 3 is 1.53 bits per heavy atom. The molecule has 3 atom stereocenters. The summed E-state index contributed by atoms with van der Waals surface area (Å²) in [4.78, 5) is 45.8. The van der Waals surface area contributed by atoms with Crippen LogP contribution in [0.3, 0.4) is 0 Å². The molecule has 0 aliphatic heterocycles. The number of rotatable bonds is 38. The summed E-state index contributed by atoms with van der Waals surface area (Å²) in [6.45, 7) is 2.74. The molecule has 0 aliphatic carbocycles. The number of phosphoric ester groups is 1. The third kappa shape index (κ3) is 36.4. The van der Waals surface area contributed by atoms with Gasteiger partial charge < -0.3 is 25.2 Å². The van der Waals surface area contributed by atoms with Crippen LogP contribution in [0.15, 0.2) is 36.5 Å². The average molecular weight is 772 g/mol. The molecule has 0 bridgehead atoms. The van der Waals surface area contributed by atoms with Crippen molar-refractivity contribution in [3.8, 4) is 0 Å². The van der Waals surface area contributed by atoms with Crippen molar-refractivity contribution < 1.29 is 47.5 Å². The van der Waals surface area contributed by atoms with Gasteiger partial charge in [0, 0.05) is 12.8 Å². The van der Waals surface area contributed by atoms with E-state index in [1.54, 1.807) is 0 Å². The van der Waals surface area contributed by atoms with Gasteiger partial charge in [-0.1, -0.05) is 147 Å². The lowest BCUT2D eigenvalue weighted by molar-refractivity contribution is -0.161. The van der Waals surface area contributed by atoms with Crippen LogP contribution >= 0.6 is 7.82 Å². The quantitative estimate of drug-likeness (QED) is 0.0236. The maximum Gasteiger partial charge on any atom is 0.472 e. The summed E-state index contributed by atoms with van der Waals surface area (Å²) in [6, 6.07) is -1.52. The number of aliphatic carboxylic acids is 1. The van der Waals surface area contributed by atoms with Crippen molar-refractivity contribution in [1.82, 2.24) is 0 Å². The number of carboxylic acid groups (broad SMARTS) is 1. The van der Waals surface area contributed by atoms with Crippen molar-refractivity contribution >= 4 is 25.7 Å². The molecule has 0 aromatic rings.